The van der Waals surface area contributed by atoms with Gasteiger partial charge in [-0.05, 0) is 30.6 Å². The van der Waals surface area contributed by atoms with Gasteiger partial charge in [0, 0.05) is 12.6 Å². The molecule has 2 aliphatic carbocycles. The molecule has 2 saturated carbocycles. The maximum Gasteiger partial charge on any atom is 0.280 e. The number of aromatic amines is 1. The predicted octanol–water partition coefficient (Wildman–Crippen LogP) is -0.109. The third kappa shape index (κ3) is 1.45. The molecule has 0 amide bonds. The first-order valence-electron chi connectivity index (χ1n) is 6.52. The number of hydrogen-bond donors (Lipinski definition) is 3. The molecule has 2 heterocycles. The maximum absolute atomic E-state index is 11.7. The van der Waals surface area contributed by atoms with Crippen molar-refractivity contribution in [2.75, 3.05) is 12.3 Å². The van der Waals surface area contributed by atoms with Crippen molar-refractivity contribution in [1.29, 1.82) is 0 Å². The number of nitrogens with zero attached hydrogens (tertiary/aromatic N) is 3. The molecule has 7 heteroatoms. The van der Waals surface area contributed by atoms with Crippen molar-refractivity contribution in [3.05, 3.63) is 16.7 Å². The molecule has 2 aliphatic rings. The van der Waals surface area contributed by atoms with Crippen molar-refractivity contribution in [2.24, 2.45) is 17.8 Å². The Kier molecular flexibility index (Phi) is 2.06. The van der Waals surface area contributed by atoms with Gasteiger partial charge in [0.15, 0.2) is 11.2 Å². The summed E-state index contributed by atoms with van der Waals surface area (Å²) in [4.78, 5) is 22.6. The second-order valence-corrected chi connectivity index (χ2v) is 5.58. The molecule has 4 atom stereocenters. The van der Waals surface area contributed by atoms with Gasteiger partial charge in [0.25, 0.3) is 5.56 Å². The van der Waals surface area contributed by atoms with E-state index in [1.54, 1.807) is 6.33 Å². The number of imidazole rings is 1. The summed E-state index contributed by atoms with van der Waals surface area (Å²) in [5.41, 5.74) is 6.19. The summed E-state index contributed by atoms with van der Waals surface area (Å²) in [6.45, 7) is 0.237. The summed E-state index contributed by atoms with van der Waals surface area (Å²) in [6.07, 6.45) is 3.74. The van der Waals surface area contributed by atoms with Gasteiger partial charge < -0.3 is 15.4 Å². The molecule has 4 N–H and O–H groups in total. The minimum Gasteiger partial charge on any atom is -0.396 e. The number of nitrogens with two attached hydrogens (primary N) is 1. The van der Waals surface area contributed by atoms with Gasteiger partial charge in [0.2, 0.25) is 5.95 Å². The van der Waals surface area contributed by atoms with Crippen molar-refractivity contribution < 1.29 is 5.11 Å². The fraction of sp³-hybridized carbons (Fsp3) is 0.583. The first-order chi connectivity index (χ1) is 9.19. The minimum absolute atomic E-state index is 0.114. The van der Waals surface area contributed by atoms with Crippen LogP contribution in [0.15, 0.2) is 11.1 Å². The molecular weight excluding hydrogens is 246 g/mol. The number of aromatic nitrogens is 4. The van der Waals surface area contributed by atoms with Gasteiger partial charge in [-0.1, -0.05) is 0 Å². The van der Waals surface area contributed by atoms with Gasteiger partial charge in [-0.3, -0.25) is 9.78 Å². The van der Waals surface area contributed by atoms with E-state index in [0.29, 0.717) is 28.9 Å². The second-order valence-electron chi connectivity index (χ2n) is 5.58. The Morgan fingerprint density at radius 3 is 3.05 bits per heavy atom. The van der Waals surface area contributed by atoms with E-state index in [9.17, 15) is 9.90 Å². The molecular formula is C12H15N5O2. The number of rotatable bonds is 2. The molecule has 0 aromatic carbocycles. The fourth-order valence-corrected chi connectivity index (χ4v) is 3.60. The smallest absolute Gasteiger partial charge is 0.280 e. The van der Waals surface area contributed by atoms with Crippen LogP contribution >= 0.6 is 0 Å². The Hall–Kier alpha value is -1.89. The number of nitrogen functional groups attached to an aromatic ring is 1. The lowest BCUT2D eigenvalue weighted by molar-refractivity contribution is 0.208. The monoisotopic (exact) mass is 261 g/mol. The molecule has 100 valence electrons. The lowest BCUT2D eigenvalue weighted by Gasteiger charge is -2.16. The van der Waals surface area contributed by atoms with Gasteiger partial charge in [-0.15, -0.1) is 0 Å². The molecule has 0 spiro atoms. The number of aliphatic hydroxyl groups excluding tert-OH is 1. The van der Waals surface area contributed by atoms with Gasteiger partial charge >= 0.3 is 0 Å². The third-order valence-corrected chi connectivity index (χ3v) is 4.58. The fourth-order valence-electron chi connectivity index (χ4n) is 3.60. The second kappa shape index (κ2) is 3.57. The average molecular weight is 261 g/mol. The number of H-pyrrole nitrogens is 1. The van der Waals surface area contributed by atoms with Gasteiger partial charge in [0.05, 0.1) is 6.33 Å². The van der Waals surface area contributed by atoms with Crippen LogP contribution in [-0.4, -0.2) is 31.2 Å². The van der Waals surface area contributed by atoms with Crippen molar-refractivity contribution in [1.82, 2.24) is 19.5 Å². The SMILES string of the molecule is Nc1nc2c(ncn2[C@@H]2C[C@H](CO)C3CC32)c(=O)[nH]1. The average Bonchev–Trinajstić information content (AvgIpc) is 2.91. The molecule has 2 unspecified atom stereocenters. The lowest BCUT2D eigenvalue weighted by Crippen LogP contribution is -2.15. The van der Waals surface area contributed by atoms with Crippen LogP contribution in [0.25, 0.3) is 11.2 Å². The Balaban J connectivity index is 1.82. The summed E-state index contributed by atoms with van der Waals surface area (Å²) in [5.74, 6) is 1.68. The van der Waals surface area contributed by atoms with Crippen molar-refractivity contribution in [2.45, 2.75) is 18.9 Å². The lowest BCUT2D eigenvalue weighted by atomic mass is 10.0. The van der Waals surface area contributed by atoms with Crippen LogP contribution in [0.1, 0.15) is 18.9 Å². The number of aliphatic hydroxyl groups is 1. The van der Waals surface area contributed by atoms with E-state index in [1.165, 1.54) is 0 Å². The van der Waals surface area contributed by atoms with Gasteiger partial charge in [-0.25, -0.2) is 4.98 Å². The number of hydrogen-bond acceptors (Lipinski definition) is 5. The number of nitrogens with one attached hydrogen (secondary N) is 1. The number of fused-ring (bicyclic) bond motifs is 2. The highest BCUT2D eigenvalue weighted by Crippen LogP contribution is 2.60. The first-order valence-corrected chi connectivity index (χ1v) is 6.52. The molecule has 2 aromatic rings. The largest absolute Gasteiger partial charge is 0.396 e. The normalized spacial score (nSPS) is 32.7. The third-order valence-electron chi connectivity index (χ3n) is 4.58. The predicted molar refractivity (Wildman–Crippen MR) is 68.4 cm³/mol. The van der Waals surface area contributed by atoms with E-state index < -0.39 is 0 Å². The highest BCUT2D eigenvalue weighted by Gasteiger charge is 2.54. The van der Waals surface area contributed by atoms with E-state index in [1.807, 2.05) is 4.57 Å². The molecule has 0 bridgehead atoms. The van der Waals surface area contributed by atoms with Crippen LogP contribution < -0.4 is 11.3 Å². The topological polar surface area (TPSA) is 110 Å². The quantitative estimate of drug-likeness (QED) is 0.698. The Bertz CT molecular complexity index is 706. The summed E-state index contributed by atoms with van der Waals surface area (Å²) >= 11 is 0. The molecule has 4 rings (SSSR count). The molecule has 19 heavy (non-hydrogen) atoms. The van der Waals surface area contributed by atoms with Crippen LogP contribution in [0.3, 0.4) is 0 Å². The summed E-state index contributed by atoms with van der Waals surface area (Å²) < 4.78 is 1.96. The highest BCUT2D eigenvalue weighted by atomic mass is 16.3. The highest BCUT2D eigenvalue weighted by molar-refractivity contribution is 5.70. The van der Waals surface area contributed by atoms with E-state index in [0.717, 1.165) is 12.8 Å². The summed E-state index contributed by atoms with van der Waals surface area (Å²) in [6, 6.07) is 0.279. The van der Waals surface area contributed by atoms with Crippen LogP contribution in [0.4, 0.5) is 5.95 Å². The summed E-state index contributed by atoms with van der Waals surface area (Å²) in [7, 11) is 0. The molecule has 7 nitrogen and oxygen atoms in total. The van der Waals surface area contributed by atoms with Gasteiger partial charge in [0.1, 0.15) is 0 Å². The molecule has 0 saturated heterocycles. The molecule has 2 aromatic heterocycles. The minimum atomic E-state index is -0.301. The first kappa shape index (κ1) is 11.0. The zero-order valence-electron chi connectivity index (χ0n) is 10.3. The summed E-state index contributed by atoms with van der Waals surface area (Å²) in [5, 5.41) is 9.36. The van der Waals surface area contributed by atoms with Crippen LogP contribution in [-0.2, 0) is 0 Å². The standard InChI is InChI=1S/C12H15N5O2/c13-12-15-10-9(11(19)16-12)14-4-17(10)8-1-5(3-18)6-2-7(6)8/h4-8,18H,1-3H2,(H3,13,15,16,19)/t5-,6?,7?,8-/m1/s1. The Labute approximate surface area is 108 Å². The molecule has 0 radical (unpaired) electrons. The van der Waals surface area contributed by atoms with Crippen LogP contribution in [0, 0.1) is 17.8 Å². The molecule has 0 aliphatic heterocycles. The Morgan fingerprint density at radius 2 is 2.32 bits per heavy atom. The Morgan fingerprint density at radius 1 is 1.47 bits per heavy atom. The van der Waals surface area contributed by atoms with Crippen molar-refractivity contribution in [3.63, 3.8) is 0 Å². The zero-order chi connectivity index (χ0) is 13.1. The van der Waals surface area contributed by atoms with Crippen molar-refractivity contribution in [3.8, 4) is 0 Å². The number of anilines is 1. The van der Waals surface area contributed by atoms with E-state index in [2.05, 4.69) is 15.0 Å². The van der Waals surface area contributed by atoms with E-state index in [-0.39, 0.29) is 24.2 Å². The van der Waals surface area contributed by atoms with Crippen molar-refractivity contribution >= 4 is 17.1 Å². The van der Waals surface area contributed by atoms with Crippen LogP contribution in [0.2, 0.25) is 0 Å². The van der Waals surface area contributed by atoms with E-state index >= 15 is 0 Å². The zero-order valence-corrected chi connectivity index (χ0v) is 10.3. The van der Waals surface area contributed by atoms with E-state index in [4.69, 9.17) is 5.73 Å². The maximum atomic E-state index is 11.7. The van der Waals surface area contributed by atoms with Gasteiger partial charge in [-0.2, -0.15) is 4.98 Å². The molecule has 2 fully saturated rings. The van der Waals surface area contributed by atoms with Crippen LogP contribution in [0.5, 0.6) is 0 Å².